The third-order valence-corrected chi connectivity index (χ3v) is 3.18. The van der Waals surface area contributed by atoms with Crippen LogP contribution in [0.4, 0.5) is 0 Å². The molecule has 0 fully saturated rings. The molecular formula is C16H15N3O3. The number of imidazole rings is 1. The van der Waals surface area contributed by atoms with Crippen LogP contribution in [0.25, 0.3) is 22.6 Å². The molecule has 1 N–H and O–H groups in total. The van der Waals surface area contributed by atoms with Gasteiger partial charge in [0, 0.05) is 11.6 Å². The number of H-pyrrole nitrogens is 1. The number of carbonyl (C=O) groups excluding carboxylic acids is 1. The molecule has 112 valence electrons. The van der Waals surface area contributed by atoms with Gasteiger partial charge in [-0.05, 0) is 25.1 Å². The first-order valence-electron chi connectivity index (χ1n) is 6.89. The van der Waals surface area contributed by atoms with Crippen LogP contribution in [0.1, 0.15) is 17.3 Å². The minimum atomic E-state index is -0.347. The van der Waals surface area contributed by atoms with Crippen LogP contribution < -0.4 is 4.74 Å². The number of aromatic amines is 1. The number of nitrogens with zero attached hydrogens (tertiary/aromatic N) is 2. The highest BCUT2D eigenvalue weighted by molar-refractivity contribution is 5.91. The second kappa shape index (κ2) is 5.85. The van der Waals surface area contributed by atoms with Crippen LogP contribution in [0.3, 0.4) is 0 Å². The smallest absolute Gasteiger partial charge is 0.338 e. The third kappa shape index (κ3) is 2.63. The molecular weight excluding hydrogens is 282 g/mol. The van der Waals surface area contributed by atoms with E-state index in [1.165, 1.54) is 0 Å². The zero-order valence-electron chi connectivity index (χ0n) is 12.3. The predicted molar refractivity (Wildman–Crippen MR) is 81.8 cm³/mol. The number of aromatic nitrogens is 3. The van der Waals surface area contributed by atoms with E-state index in [4.69, 9.17) is 9.47 Å². The zero-order valence-corrected chi connectivity index (χ0v) is 12.3. The molecule has 3 aromatic rings. The lowest BCUT2D eigenvalue weighted by molar-refractivity contribution is 0.0526. The fourth-order valence-electron chi connectivity index (χ4n) is 2.13. The maximum absolute atomic E-state index is 11.8. The second-order valence-corrected chi connectivity index (χ2v) is 4.61. The van der Waals surface area contributed by atoms with Gasteiger partial charge in [0.2, 0.25) is 5.88 Å². The maximum atomic E-state index is 11.8. The molecule has 22 heavy (non-hydrogen) atoms. The van der Waals surface area contributed by atoms with Crippen LogP contribution in [0.15, 0.2) is 36.4 Å². The fraction of sp³-hybridized carbons (Fsp3) is 0.188. The zero-order chi connectivity index (χ0) is 15.5. The molecule has 0 atom stereocenters. The first kappa shape index (κ1) is 14.1. The van der Waals surface area contributed by atoms with Crippen LogP contribution in [0, 0.1) is 0 Å². The largest absolute Gasteiger partial charge is 0.481 e. The highest BCUT2D eigenvalue weighted by Gasteiger charge is 2.11. The number of hydrogen-bond acceptors (Lipinski definition) is 5. The average molecular weight is 297 g/mol. The average Bonchev–Trinajstić information content (AvgIpc) is 2.98. The van der Waals surface area contributed by atoms with Crippen molar-refractivity contribution >= 4 is 17.1 Å². The van der Waals surface area contributed by atoms with Crippen LogP contribution in [-0.2, 0) is 4.74 Å². The monoisotopic (exact) mass is 297 g/mol. The van der Waals surface area contributed by atoms with Crippen molar-refractivity contribution in [2.45, 2.75) is 6.92 Å². The number of methoxy groups -OCH3 is 1. The minimum absolute atomic E-state index is 0.345. The molecule has 1 aromatic carbocycles. The molecule has 0 spiro atoms. The summed E-state index contributed by atoms with van der Waals surface area (Å²) in [6.07, 6.45) is 0. The summed E-state index contributed by atoms with van der Waals surface area (Å²) in [5.41, 5.74) is 2.65. The summed E-state index contributed by atoms with van der Waals surface area (Å²) in [7, 11) is 1.56. The third-order valence-electron chi connectivity index (χ3n) is 3.18. The topological polar surface area (TPSA) is 77.1 Å². The number of esters is 1. The Morgan fingerprint density at radius 2 is 2.09 bits per heavy atom. The van der Waals surface area contributed by atoms with E-state index in [0.29, 0.717) is 29.5 Å². The molecule has 0 aliphatic rings. The lowest BCUT2D eigenvalue weighted by Crippen LogP contribution is -2.04. The van der Waals surface area contributed by atoms with E-state index in [0.717, 1.165) is 11.1 Å². The van der Waals surface area contributed by atoms with E-state index < -0.39 is 0 Å². The first-order valence-corrected chi connectivity index (χ1v) is 6.89. The van der Waals surface area contributed by atoms with Gasteiger partial charge >= 0.3 is 5.97 Å². The molecule has 0 saturated carbocycles. The molecule has 0 radical (unpaired) electrons. The number of fused-ring (bicyclic) bond motifs is 1. The molecule has 6 nitrogen and oxygen atoms in total. The van der Waals surface area contributed by atoms with Gasteiger partial charge in [-0.25, -0.2) is 9.78 Å². The first-order chi connectivity index (χ1) is 10.7. The number of benzene rings is 1. The Hall–Kier alpha value is -2.89. The van der Waals surface area contributed by atoms with E-state index in [2.05, 4.69) is 15.0 Å². The normalized spacial score (nSPS) is 10.6. The van der Waals surface area contributed by atoms with Crippen LogP contribution in [-0.4, -0.2) is 34.6 Å². The summed E-state index contributed by atoms with van der Waals surface area (Å²) in [6, 6.07) is 10.7. The van der Waals surface area contributed by atoms with Gasteiger partial charge in [0.05, 0.1) is 24.8 Å². The van der Waals surface area contributed by atoms with Gasteiger partial charge in [-0.1, -0.05) is 12.1 Å². The Bertz CT molecular complexity index is 826. The standard InChI is InChI=1S/C16H15N3O3/c1-3-22-16(20)11-6-4-5-10(9-11)14-17-12-7-8-13(21-2)18-15(12)19-14/h4-9H,3H2,1-2H3,(H,17,18,19). The molecule has 0 unspecified atom stereocenters. The maximum Gasteiger partial charge on any atom is 0.338 e. The quantitative estimate of drug-likeness (QED) is 0.749. The predicted octanol–water partition coefficient (Wildman–Crippen LogP) is 2.81. The molecule has 0 aliphatic carbocycles. The van der Waals surface area contributed by atoms with Crippen molar-refractivity contribution in [2.24, 2.45) is 0 Å². The van der Waals surface area contributed by atoms with E-state index in [-0.39, 0.29) is 5.97 Å². The lowest BCUT2D eigenvalue weighted by atomic mass is 10.1. The molecule has 0 bridgehead atoms. The number of carbonyl (C=O) groups is 1. The molecule has 2 aromatic heterocycles. The molecule has 0 amide bonds. The Balaban J connectivity index is 2.00. The number of nitrogens with one attached hydrogen (secondary N) is 1. The fourth-order valence-corrected chi connectivity index (χ4v) is 2.13. The van der Waals surface area contributed by atoms with Gasteiger partial charge in [0.25, 0.3) is 0 Å². The van der Waals surface area contributed by atoms with E-state index in [9.17, 15) is 4.79 Å². The van der Waals surface area contributed by atoms with Crippen LogP contribution in [0.5, 0.6) is 5.88 Å². The number of ether oxygens (including phenoxy) is 2. The molecule has 3 rings (SSSR count). The van der Waals surface area contributed by atoms with E-state index in [1.807, 2.05) is 12.1 Å². The molecule has 2 heterocycles. The van der Waals surface area contributed by atoms with Gasteiger partial charge in [0.15, 0.2) is 5.65 Å². The summed E-state index contributed by atoms with van der Waals surface area (Å²) in [5, 5.41) is 0. The van der Waals surface area contributed by atoms with Crippen molar-refractivity contribution in [3.05, 3.63) is 42.0 Å². The van der Waals surface area contributed by atoms with Gasteiger partial charge in [-0.2, -0.15) is 4.98 Å². The Labute approximate surface area is 127 Å². The van der Waals surface area contributed by atoms with E-state index in [1.54, 1.807) is 38.3 Å². The van der Waals surface area contributed by atoms with Gasteiger partial charge in [0.1, 0.15) is 5.82 Å². The lowest BCUT2D eigenvalue weighted by Gasteiger charge is -2.03. The van der Waals surface area contributed by atoms with Crippen LogP contribution >= 0.6 is 0 Å². The summed E-state index contributed by atoms with van der Waals surface area (Å²) in [4.78, 5) is 23.7. The SMILES string of the molecule is CCOC(=O)c1cccc(-c2nc3nc(OC)ccc3[nH]2)c1. The van der Waals surface area contributed by atoms with Crippen molar-refractivity contribution in [3.63, 3.8) is 0 Å². The van der Waals surface area contributed by atoms with Crippen molar-refractivity contribution in [1.82, 2.24) is 15.0 Å². The highest BCUT2D eigenvalue weighted by atomic mass is 16.5. The number of hydrogen-bond donors (Lipinski definition) is 1. The number of rotatable bonds is 4. The summed E-state index contributed by atoms with van der Waals surface area (Å²) in [6.45, 7) is 2.12. The van der Waals surface area contributed by atoms with Crippen LogP contribution in [0.2, 0.25) is 0 Å². The number of pyridine rings is 1. The minimum Gasteiger partial charge on any atom is -0.481 e. The van der Waals surface area contributed by atoms with E-state index >= 15 is 0 Å². The van der Waals surface area contributed by atoms with Crippen molar-refractivity contribution in [1.29, 1.82) is 0 Å². The Morgan fingerprint density at radius 3 is 2.86 bits per heavy atom. The van der Waals surface area contributed by atoms with Gasteiger partial charge in [-0.3, -0.25) is 0 Å². The van der Waals surface area contributed by atoms with Gasteiger partial charge in [-0.15, -0.1) is 0 Å². The Morgan fingerprint density at radius 1 is 1.23 bits per heavy atom. The van der Waals surface area contributed by atoms with Gasteiger partial charge < -0.3 is 14.5 Å². The molecule has 0 aliphatic heterocycles. The molecule has 0 saturated heterocycles. The van der Waals surface area contributed by atoms with Crippen molar-refractivity contribution in [2.75, 3.05) is 13.7 Å². The van der Waals surface area contributed by atoms with Crippen molar-refractivity contribution < 1.29 is 14.3 Å². The summed E-state index contributed by atoms with van der Waals surface area (Å²) < 4.78 is 10.1. The highest BCUT2D eigenvalue weighted by Crippen LogP contribution is 2.22. The second-order valence-electron chi connectivity index (χ2n) is 4.61. The summed E-state index contributed by atoms with van der Waals surface area (Å²) >= 11 is 0. The summed E-state index contributed by atoms with van der Waals surface area (Å²) in [5.74, 6) is 0.799. The molecule has 6 heteroatoms. The Kier molecular flexibility index (Phi) is 3.74. The van der Waals surface area contributed by atoms with Crippen molar-refractivity contribution in [3.8, 4) is 17.3 Å².